The fourth-order valence-corrected chi connectivity index (χ4v) is 5.38. The monoisotopic (exact) mass is 550 g/mol. The van der Waals surface area contributed by atoms with Crippen LogP contribution in [0.25, 0.3) is 0 Å². The SMILES string of the molecule is COC(=O)C1=C(C)N=C2SC=C(CC(=O)NCCN(C)C)N2[C@@H]1c1ccc(OCc2ccccc2)c(OC)c1. The molecule has 0 saturated carbocycles. The third-order valence-electron chi connectivity index (χ3n) is 6.37. The van der Waals surface area contributed by atoms with Crippen LogP contribution in [0.2, 0.25) is 0 Å². The van der Waals surface area contributed by atoms with Gasteiger partial charge in [0, 0.05) is 18.8 Å². The highest BCUT2D eigenvalue weighted by atomic mass is 32.2. The molecule has 0 aromatic heterocycles. The van der Waals surface area contributed by atoms with E-state index in [2.05, 4.69) is 10.3 Å². The number of carbonyl (C=O) groups excluding carboxylic acids is 2. The standard InChI is InChI=1S/C29H34N4O5S/c1-19-26(28(35)37-5)27(33-22(18-39-29(33)31-19)16-25(34)30-13-14-32(2)3)21-11-12-23(24(15-21)36-4)38-17-20-9-7-6-8-10-20/h6-12,15,18,27H,13-14,16-17H2,1-5H3,(H,30,34)/t27-/m1/s1. The van der Waals surface area contributed by atoms with Crippen LogP contribution in [0, 0.1) is 0 Å². The summed E-state index contributed by atoms with van der Waals surface area (Å²) in [6, 6.07) is 14.9. The van der Waals surface area contributed by atoms with Crippen molar-refractivity contribution in [2.75, 3.05) is 41.4 Å². The van der Waals surface area contributed by atoms with E-state index >= 15 is 0 Å². The quantitative estimate of drug-likeness (QED) is 0.419. The lowest BCUT2D eigenvalue weighted by molar-refractivity contribution is -0.136. The Bertz CT molecular complexity index is 1310. The zero-order valence-electron chi connectivity index (χ0n) is 22.9. The Hall–Kier alpha value is -3.76. The molecular weight excluding hydrogens is 516 g/mol. The van der Waals surface area contributed by atoms with E-state index in [-0.39, 0.29) is 12.3 Å². The van der Waals surface area contributed by atoms with Gasteiger partial charge < -0.3 is 29.3 Å². The van der Waals surface area contributed by atoms with Gasteiger partial charge in [-0.1, -0.05) is 48.2 Å². The maximum absolute atomic E-state index is 13.0. The molecule has 206 valence electrons. The van der Waals surface area contributed by atoms with Crippen LogP contribution < -0.4 is 14.8 Å². The van der Waals surface area contributed by atoms with Gasteiger partial charge in [-0.25, -0.2) is 9.79 Å². The topological polar surface area (TPSA) is 92.7 Å². The molecule has 1 amide bonds. The number of methoxy groups -OCH3 is 2. The van der Waals surface area contributed by atoms with Gasteiger partial charge in [0.25, 0.3) is 0 Å². The van der Waals surface area contributed by atoms with Gasteiger partial charge in [0.1, 0.15) is 6.61 Å². The van der Waals surface area contributed by atoms with Crippen LogP contribution in [0.4, 0.5) is 0 Å². The molecule has 1 N–H and O–H groups in total. The van der Waals surface area contributed by atoms with Crippen molar-refractivity contribution in [1.82, 2.24) is 15.1 Å². The summed E-state index contributed by atoms with van der Waals surface area (Å²) >= 11 is 1.43. The molecule has 0 spiro atoms. The molecule has 2 aromatic carbocycles. The molecule has 0 saturated heterocycles. The molecule has 0 bridgehead atoms. The second kappa shape index (κ2) is 12.9. The summed E-state index contributed by atoms with van der Waals surface area (Å²) in [7, 11) is 6.85. The summed E-state index contributed by atoms with van der Waals surface area (Å²) in [5.74, 6) is 0.544. The average Bonchev–Trinajstić information content (AvgIpc) is 3.32. The molecule has 2 aromatic rings. The minimum atomic E-state index is -0.558. The van der Waals surface area contributed by atoms with Gasteiger partial charge in [-0.3, -0.25) is 4.79 Å². The highest BCUT2D eigenvalue weighted by molar-refractivity contribution is 8.16. The number of hydrogen-bond acceptors (Lipinski definition) is 9. The van der Waals surface area contributed by atoms with Crippen molar-refractivity contribution in [3.05, 3.63) is 82.0 Å². The van der Waals surface area contributed by atoms with Crippen molar-refractivity contribution in [2.45, 2.75) is 26.0 Å². The van der Waals surface area contributed by atoms with Gasteiger partial charge in [0.15, 0.2) is 16.7 Å². The molecule has 39 heavy (non-hydrogen) atoms. The zero-order valence-corrected chi connectivity index (χ0v) is 23.7. The van der Waals surface area contributed by atoms with E-state index in [0.717, 1.165) is 23.4 Å². The second-order valence-corrected chi connectivity index (χ2v) is 10.2. The Labute approximate surface area is 233 Å². The van der Waals surface area contributed by atoms with Gasteiger partial charge in [0.2, 0.25) is 5.91 Å². The number of esters is 1. The highest BCUT2D eigenvalue weighted by Gasteiger charge is 2.41. The number of benzene rings is 2. The van der Waals surface area contributed by atoms with Gasteiger partial charge in [0.05, 0.1) is 38.0 Å². The van der Waals surface area contributed by atoms with Crippen LogP contribution in [-0.4, -0.2) is 68.2 Å². The van der Waals surface area contributed by atoms with E-state index < -0.39 is 12.0 Å². The fraction of sp³-hybridized carbons (Fsp3) is 0.345. The number of ether oxygens (including phenoxy) is 3. The molecule has 1 atom stereocenters. The lowest BCUT2D eigenvalue weighted by Crippen LogP contribution is -2.38. The summed E-state index contributed by atoms with van der Waals surface area (Å²) in [4.78, 5) is 34.4. The number of fused-ring (bicyclic) bond motifs is 1. The van der Waals surface area contributed by atoms with E-state index in [0.29, 0.717) is 41.1 Å². The van der Waals surface area contributed by atoms with Gasteiger partial charge in [-0.2, -0.15) is 0 Å². The van der Waals surface area contributed by atoms with E-state index in [4.69, 9.17) is 14.2 Å². The summed E-state index contributed by atoms with van der Waals surface area (Å²) in [6.07, 6.45) is 0.152. The van der Waals surface area contributed by atoms with Crippen LogP contribution in [0.3, 0.4) is 0 Å². The molecule has 2 aliphatic heterocycles. The molecule has 0 unspecified atom stereocenters. The van der Waals surface area contributed by atoms with Gasteiger partial charge in [-0.05, 0) is 49.7 Å². The number of thioether (sulfide) groups is 1. The maximum Gasteiger partial charge on any atom is 0.338 e. The average molecular weight is 551 g/mol. The van der Waals surface area contributed by atoms with Crippen LogP contribution in [0.5, 0.6) is 11.5 Å². The first-order valence-corrected chi connectivity index (χ1v) is 13.5. The number of nitrogens with one attached hydrogen (secondary N) is 1. The number of nitrogens with zero attached hydrogens (tertiary/aromatic N) is 3. The number of allylic oxidation sites excluding steroid dienone is 1. The number of aliphatic imine (C=N–C) groups is 1. The third kappa shape index (κ3) is 6.63. The van der Waals surface area contributed by atoms with Crippen molar-refractivity contribution in [3.63, 3.8) is 0 Å². The second-order valence-electron chi connectivity index (χ2n) is 9.40. The molecule has 0 radical (unpaired) electrons. The van der Waals surface area contributed by atoms with Crippen molar-refractivity contribution in [3.8, 4) is 11.5 Å². The van der Waals surface area contributed by atoms with E-state index in [9.17, 15) is 9.59 Å². The van der Waals surface area contributed by atoms with Crippen LogP contribution in [0.1, 0.15) is 30.5 Å². The normalized spacial score (nSPS) is 16.5. The van der Waals surface area contributed by atoms with E-state index in [1.165, 1.54) is 18.9 Å². The lowest BCUT2D eigenvalue weighted by Gasteiger charge is -2.36. The maximum atomic E-state index is 13.0. The predicted molar refractivity (Wildman–Crippen MR) is 152 cm³/mol. The summed E-state index contributed by atoms with van der Waals surface area (Å²) in [5.41, 5.74) is 3.55. The van der Waals surface area contributed by atoms with Gasteiger partial charge >= 0.3 is 5.97 Å². The lowest BCUT2D eigenvalue weighted by atomic mass is 9.93. The first-order valence-electron chi connectivity index (χ1n) is 12.6. The Morgan fingerprint density at radius 3 is 2.56 bits per heavy atom. The van der Waals surface area contributed by atoms with E-state index in [1.54, 1.807) is 14.0 Å². The number of carbonyl (C=O) groups is 2. The van der Waals surface area contributed by atoms with Crippen molar-refractivity contribution >= 4 is 28.8 Å². The smallest absolute Gasteiger partial charge is 0.338 e. The Balaban J connectivity index is 1.64. The molecule has 0 fully saturated rings. The molecule has 9 nitrogen and oxygen atoms in total. The van der Waals surface area contributed by atoms with E-state index in [1.807, 2.05) is 77.8 Å². The minimum absolute atomic E-state index is 0.100. The Morgan fingerprint density at radius 1 is 1.10 bits per heavy atom. The number of rotatable bonds is 11. The first-order chi connectivity index (χ1) is 18.8. The first kappa shape index (κ1) is 28.3. The Morgan fingerprint density at radius 2 is 1.87 bits per heavy atom. The molecule has 10 heteroatoms. The summed E-state index contributed by atoms with van der Waals surface area (Å²) in [6.45, 7) is 3.47. The highest BCUT2D eigenvalue weighted by Crippen LogP contribution is 2.46. The summed E-state index contributed by atoms with van der Waals surface area (Å²) < 4.78 is 16.9. The fourth-order valence-electron chi connectivity index (χ4n) is 4.41. The zero-order chi connectivity index (χ0) is 27.9. The van der Waals surface area contributed by atoms with Crippen LogP contribution >= 0.6 is 11.8 Å². The molecule has 2 aliphatic rings. The van der Waals surface area contributed by atoms with Gasteiger partial charge in [-0.15, -0.1) is 0 Å². The van der Waals surface area contributed by atoms with Crippen molar-refractivity contribution < 1.29 is 23.8 Å². The van der Waals surface area contributed by atoms with Crippen molar-refractivity contribution in [1.29, 1.82) is 0 Å². The molecule has 0 aliphatic carbocycles. The summed E-state index contributed by atoms with van der Waals surface area (Å²) in [5, 5.41) is 5.58. The predicted octanol–water partition coefficient (Wildman–Crippen LogP) is 4.09. The Kier molecular flexibility index (Phi) is 9.32. The minimum Gasteiger partial charge on any atom is -0.493 e. The molecular formula is C29H34N4O5S. The largest absolute Gasteiger partial charge is 0.493 e. The van der Waals surface area contributed by atoms with Crippen molar-refractivity contribution in [2.24, 2.45) is 4.99 Å². The third-order valence-corrected chi connectivity index (χ3v) is 7.26. The molecule has 2 heterocycles. The molecule has 4 rings (SSSR count). The number of likely N-dealkylation sites (N-methyl/N-ethyl adjacent to an activating group) is 1. The number of amides is 1. The van der Waals surface area contributed by atoms with Crippen LogP contribution in [-0.2, 0) is 20.9 Å². The number of amidine groups is 1. The number of hydrogen-bond donors (Lipinski definition) is 1. The van der Waals surface area contributed by atoms with Crippen LogP contribution in [0.15, 0.2) is 75.9 Å².